The molecule has 0 saturated heterocycles. The van der Waals surface area contributed by atoms with Gasteiger partial charge in [0, 0.05) is 0 Å². The number of carbonyl (C=O) groups is 1. The van der Waals surface area contributed by atoms with Crippen LogP contribution in [0.15, 0.2) is 88.6 Å². The summed E-state index contributed by atoms with van der Waals surface area (Å²) in [6.07, 6.45) is 0. The number of methoxy groups -OCH3 is 1. The maximum atomic E-state index is 13.4. The number of hydrogen-bond acceptors (Lipinski definition) is 5. The van der Waals surface area contributed by atoms with Crippen molar-refractivity contribution < 1.29 is 23.1 Å². The van der Waals surface area contributed by atoms with Gasteiger partial charge in [-0.2, -0.15) is 3.97 Å². The van der Waals surface area contributed by atoms with Gasteiger partial charge < -0.3 is 9.84 Å². The second kappa shape index (κ2) is 7.77. The Morgan fingerprint density at radius 2 is 1.48 bits per heavy atom. The molecule has 1 N–H and O–H groups in total. The van der Waals surface area contributed by atoms with Crippen LogP contribution < -0.4 is 10.4 Å². The summed E-state index contributed by atoms with van der Waals surface area (Å²) in [4.78, 5) is 25.5. The Morgan fingerprint density at radius 1 is 0.903 bits per heavy atom. The van der Waals surface area contributed by atoms with E-state index in [-0.39, 0.29) is 15.9 Å². The van der Waals surface area contributed by atoms with Gasteiger partial charge >= 0.3 is 11.7 Å². The molecule has 1 heterocycles. The second-order valence-corrected chi connectivity index (χ2v) is 8.52. The molecule has 1 aromatic heterocycles. The lowest BCUT2D eigenvalue weighted by molar-refractivity contribution is -0.139. The third-order valence-corrected chi connectivity index (χ3v) is 6.65. The van der Waals surface area contributed by atoms with Crippen molar-refractivity contribution in [3.63, 3.8) is 0 Å². The fourth-order valence-electron chi connectivity index (χ4n) is 3.52. The van der Waals surface area contributed by atoms with E-state index < -0.39 is 27.7 Å². The normalized spacial score (nSPS) is 12.5. The van der Waals surface area contributed by atoms with Gasteiger partial charge in [0.05, 0.1) is 23.0 Å². The number of benzene rings is 3. The summed E-state index contributed by atoms with van der Waals surface area (Å²) in [5.74, 6) is -0.818. The minimum atomic E-state index is -4.31. The highest BCUT2D eigenvalue weighted by molar-refractivity contribution is 7.90. The summed E-state index contributed by atoms with van der Waals surface area (Å²) in [5, 5.41) is 9.92. The van der Waals surface area contributed by atoms with Crippen LogP contribution in [-0.4, -0.2) is 35.1 Å². The highest BCUT2D eigenvalue weighted by Crippen LogP contribution is 2.26. The third kappa shape index (κ3) is 3.38. The highest BCUT2D eigenvalue weighted by atomic mass is 32.2. The Balaban J connectivity index is 2.02. The summed E-state index contributed by atoms with van der Waals surface area (Å²) < 4.78 is 33.4. The largest absolute Gasteiger partial charge is 0.497 e. The fraction of sp³-hybridized carbons (Fsp3) is 0.0909. The number of nitrogens with zero attached hydrogens (tertiary/aromatic N) is 2. The van der Waals surface area contributed by atoms with Gasteiger partial charge in [0.15, 0.2) is 6.04 Å². The molecule has 0 amide bonds. The molecule has 9 heteroatoms. The van der Waals surface area contributed by atoms with Crippen molar-refractivity contribution in [1.82, 2.24) is 8.54 Å². The molecule has 4 aromatic rings. The zero-order valence-electron chi connectivity index (χ0n) is 16.4. The first-order valence-corrected chi connectivity index (χ1v) is 10.7. The van der Waals surface area contributed by atoms with Crippen LogP contribution in [0.5, 0.6) is 5.75 Å². The van der Waals surface area contributed by atoms with Crippen molar-refractivity contribution in [3.05, 3.63) is 94.9 Å². The number of para-hydroxylation sites is 2. The summed E-state index contributed by atoms with van der Waals surface area (Å²) in [6, 6.07) is 18.6. The molecule has 1 unspecified atom stereocenters. The molecule has 1 atom stereocenters. The zero-order valence-corrected chi connectivity index (χ0v) is 17.2. The second-order valence-electron chi connectivity index (χ2n) is 6.74. The smallest absolute Gasteiger partial charge is 0.344 e. The van der Waals surface area contributed by atoms with Gasteiger partial charge in [-0.1, -0.05) is 42.5 Å². The van der Waals surface area contributed by atoms with Gasteiger partial charge in [-0.3, -0.25) is 4.57 Å². The predicted octanol–water partition coefficient (Wildman–Crippen LogP) is 2.72. The van der Waals surface area contributed by atoms with Gasteiger partial charge in [-0.05, 0) is 42.0 Å². The molecule has 0 aliphatic rings. The molecule has 3 aromatic carbocycles. The molecule has 158 valence electrons. The van der Waals surface area contributed by atoms with E-state index in [0.717, 1.165) is 4.57 Å². The number of carboxylic acids is 1. The number of aromatic nitrogens is 2. The molecule has 4 rings (SSSR count). The van der Waals surface area contributed by atoms with Crippen LogP contribution in [0.2, 0.25) is 0 Å². The average molecular weight is 438 g/mol. The van der Waals surface area contributed by atoms with E-state index in [4.69, 9.17) is 4.74 Å². The van der Waals surface area contributed by atoms with Gasteiger partial charge in [-0.25, -0.2) is 18.0 Å². The van der Waals surface area contributed by atoms with Gasteiger partial charge in [0.25, 0.3) is 10.0 Å². The zero-order chi connectivity index (χ0) is 22.2. The molecule has 0 radical (unpaired) electrons. The number of aliphatic carboxylic acids is 1. The van der Waals surface area contributed by atoms with E-state index in [9.17, 15) is 23.1 Å². The molecule has 0 aliphatic carbocycles. The van der Waals surface area contributed by atoms with Crippen LogP contribution in [0, 0.1) is 0 Å². The Kier molecular flexibility index (Phi) is 5.12. The van der Waals surface area contributed by atoms with Crippen molar-refractivity contribution in [2.75, 3.05) is 7.11 Å². The first kappa shape index (κ1) is 20.4. The Hall–Kier alpha value is -3.85. The van der Waals surface area contributed by atoms with E-state index in [1.54, 1.807) is 42.5 Å². The van der Waals surface area contributed by atoms with Crippen molar-refractivity contribution in [3.8, 4) is 5.75 Å². The Morgan fingerprint density at radius 3 is 2.06 bits per heavy atom. The molecular weight excluding hydrogens is 420 g/mol. The van der Waals surface area contributed by atoms with Crippen LogP contribution in [0.1, 0.15) is 11.6 Å². The quantitative estimate of drug-likeness (QED) is 0.496. The lowest BCUT2D eigenvalue weighted by Crippen LogP contribution is -2.34. The topological polar surface area (TPSA) is 108 Å². The Labute approximate surface area is 177 Å². The average Bonchev–Trinajstić information content (AvgIpc) is 3.07. The van der Waals surface area contributed by atoms with Gasteiger partial charge in [-0.15, -0.1) is 0 Å². The summed E-state index contributed by atoms with van der Waals surface area (Å²) in [6.45, 7) is 0. The van der Waals surface area contributed by atoms with Crippen molar-refractivity contribution in [2.45, 2.75) is 10.9 Å². The fourth-order valence-corrected chi connectivity index (χ4v) is 4.91. The first-order chi connectivity index (χ1) is 14.9. The number of carboxylic acid groups (broad SMARTS) is 1. The number of rotatable bonds is 6. The predicted molar refractivity (Wildman–Crippen MR) is 114 cm³/mol. The van der Waals surface area contributed by atoms with Gasteiger partial charge in [0.2, 0.25) is 0 Å². The van der Waals surface area contributed by atoms with Crippen LogP contribution in [-0.2, 0) is 14.8 Å². The van der Waals surface area contributed by atoms with Crippen LogP contribution in [0.4, 0.5) is 0 Å². The van der Waals surface area contributed by atoms with Crippen LogP contribution >= 0.6 is 0 Å². The summed E-state index contributed by atoms with van der Waals surface area (Å²) in [5.41, 5.74) is -0.332. The molecule has 0 fully saturated rings. The standard InChI is InChI=1S/C22H18N2O6S/c1-30-16-11-13-17(14-12-16)31(28,29)24-19-10-6-5-9-18(19)23(22(24)27)20(21(25)26)15-7-3-2-4-8-15/h2-14,20H,1H3,(H,25,26). The third-order valence-electron chi connectivity index (χ3n) is 4.94. The van der Waals surface area contributed by atoms with Crippen LogP contribution in [0.3, 0.4) is 0 Å². The van der Waals surface area contributed by atoms with Crippen molar-refractivity contribution >= 4 is 27.0 Å². The molecule has 0 aliphatic heterocycles. The van der Waals surface area contributed by atoms with Crippen molar-refractivity contribution in [1.29, 1.82) is 0 Å². The highest BCUT2D eigenvalue weighted by Gasteiger charge is 2.31. The SMILES string of the molecule is COc1ccc(S(=O)(=O)n2c(=O)n(C(C(=O)O)c3ccccc3)c3ccccc32)cc1. The van der Waals surface area contributed by atoms with E-state index in [0.29, 0.717) is 15.3 Å². The van der Waals surface area contributed by atoms with Crippen molar-refractivity contribution in [2.24, 2.45) is 0 Å². The molecule has 0 bridgehead atoms. The van der Waals surface area contributed by atoms with Crippen LogP contribution in [0.25, 0.3) is 11.0 Å². The monoisotopic (exact) mass is 438 g/mol. The molecule has 31 heavy (non-hydrogen) atoms. The number of hydrogen-bond donors (Lipinski definition) is 1. The maximum Gasteiger partial charge on any atom is 0.344 e. The molecule has 0 spiro atoms. The van der Waals surface area contributed by atoms with E-state index in [1.165, 1.54) is 43.5 Å². The summed E-state index contributed by atoms with van der Waals surface area (Å²) >= 11 is 0. The number of ether oxygens (including phenoxy) is 1. The van der Waals surface area contributed by atoms with Gasteiger partial charge in [0.1, 0.15) is 5.75 Å². The lowest BCUT2D eigenvalue weighted by atomic mass is 10.1. The molecular formula is C22H18N2O6S. The summed E-state index contributed by atoms with van der Waals surface area (Å²) in [7, 11) is -2.85. The Bertz CT molecular complexity index is 1420. The minimum Gasteiger partial charge on any atom is -0.497 e. The molecule has 0 saturated carbocycles. The first-order valence-electron chi connectivity index (χ1n) is 9.25. The number of imidazole rings is 1. The van der Waals surface area contributed by atoms with E-state index in [2.05, 4.69) is 0 Å². The molecule has 8 nitrogen and oxygen atoms in total. The maximum absolute atomic E-state index is 13.4. The van der Waals surface area contributed by atoms with E-state index in [1.807, 2.05) is 0 Å². The lowest BCUT2D eigenvalue weighted by Gasteiger charge is -2.14. The number of fused-ring (bicyclic) bond motifs is 1. The minimum absolute atomic E-state index is 0.0884. The van der Waals surface area contributed by atoms with E-state index >= 15 is 0 Å².